The van der Waals surface area contributed by atoms with Crippen LogP contribution < -0.4 is 9.47 Å². The second-order valence-electron chi connectivity index (χ2n) is 9.66. The lowest BCUT2D eigenvalue weighted by Crippen LogP contribution is -2.32. The number of hydrogen-bond donors (Lipinski definition) is 1. The molecule has 1 amide bonds. The number of benzene rings is 4. The van der Waals surface area contributed by atoms with Gasteiger partial charge in [0, 0.05) is 17.7 Å². The van der Waals surface area contributed by atoms with E-state index in [-0.39, 0.29) is 15.7 Å². The Bertz CT molecular complexity index is 1830. The predicted octanol–water partition coefficient (Wildman–Crippen LogP) is 5.41. The largest absolute Gasteiger partial charge is 0.497 e. The summed E-state index contributed by atoms with van der Waals surface area (Å²) in [5.41, 5.74) is 5.25. The molecule has 6 rings (SSSR count). The minimum Gasteiger partial charge on any atom is -0.497 e. The van der Waals surface area contributed by atoms with Crippen molar-refractivity contribution in [2.45, 2.75) is 23.3 Å². The van der Waals surface area contributed by atoms with Gasteiger partial charge in [0.25, 0.3) is 5.91 Å². The Morgan fingerprint density at radius 3 is 2.33 bits per heavy atom. The van der Waals surface area contributed by atoms with Crippen LogP contribution in [-0.2, 0) is 16.4 Å². The Hall–Kier alpha value is -4.63. The van der Waals surface area contributed by atoms with Gasteiger partial charge in [-0.05, 0) is 90.8 Å². The summed E-state index contributed by atoms with van der Waals surface area (Å²) in [4.78, 5) is 23.2. The van der Waals surface area contributed by atoms with E-state index in [0.29, 0.717) is 31.0 Å². The van der Waals surface area contributed by atoms with E-state index >= 15 is 0 Å². The molecule has 0 atom stereocenters. The predicted molar refractivity (Wildman–Crippen MR) is 151 cm³/mol. The van der Waals surface area contributed by atoms with Crippen LogP contribution in [0.2, 0.25) is 0 Å². The molecule has 1 aromatic heterocycles. The van der Waals surface area contributed by atoms with Crippen molar-refractivity contribution in [2.24, 2.45) is 0 Å². The highest BCUT2D eigenvalue weighted by molar-refractivity contribution is 7.91. The minimum atomic E-state index is -3.73. The van der Waals surface area contributed by atoms with Crippen LogP contribution in [0.5, 0.6) is 11.5 Å². The van der Waals surface area contributed by atoms with Crippen molar-refractivity contribution >= 4 is 26.8 Å². The van der Waals surface area contributed by atoms with Crippen LogP contribution in [0.25, 0.3) is 22.2 Å². The number of H-pyrrole nitrogens is 1. The van der Waals surface area contributed by atoms with E-state index in [1.165, 1.54) is 31.4 Å². The molecule has 1 N–H and O–H groups in total. The first kappa shape index (κ1) is 25.6. The van der Waals surface area contributed by atoms with Crippen molar-refractivity contribution in [3.05, 3.63) is 102 Å². The molecule has 40 heavy (non-hydrogen) atoms. The van der Waals surface area contributed by atoms with Gasteiger partial charge in [0.15, 0.2) is 0 Å². The molecule has 2 heterocycles. The number of aromatic nitrogens is 2. The van der Waals surface area contributed by atoms with Crippen molar-refractivity contribution in [1.29, 1.82) is 0 Å². The third kappa shape index (κ3) is 4.80. The number of rotatable bonds is 5. The summed E-state index contributed by atoms with van der Waals surface area (Å²) in [7, 11) is -2.20. The third-order valence-electron chi connectivity index (χ3n) is 7.04. The van der Waals surface area contributed by atoms with Gasteiger partial charge in [-0.2, -0.15) is 0 Å². The third-order valence-corrected chi connectivity index (χ3v) is 8.83. The Kier molecular flexibility index (Phi) is 6.51. The van der Waals surface area contributed by atoms with Gasteiger partial charge in [-0.3, -0.25) is 4.79 Å². The summed E-state index contributed by atoms with van der Waals surface area (Å²) in [5.74, 6) is 2.00. The monoisotopic (exact) mass is 553 g/mol. The molecule has 8 nitrogen and oxygen atoms in total. The molecule has 0 saturated heterocycles. The van der Waals surface area contributed by atoms with Gasteiger partial charge in [0.1, 0.15) is 23.9 Å². The van der Waals surface area contributed by atoms with Crippen LogP contribution in [0.3, 0.4) is 0 Å². The number of carbonyl (C=O) groups excluding carboxylic acids is 1. The molecular formula is C31H27N3O5S. The number of imidazole rings is 1. The van der Waals surface area contributed by atoms with E-state index in [1.807, 2.05) is 31.2 Å². The summed E-state index contributed by atoms with van der Waals surface area (Å²) < 4.78 is 37.2. The number of fused-ring (bicyclic) bond motifs is 2. The molecule has 0 saturated carbocycles. The first-order valence-electron chi connectivity index (χ1n) is 12.8. The Balaban J connectivity index is 1.23. The van der Waals surface area contributed by atoms with Gasteiger partial charge in [0.05, 0.1) is 34.5 Å². The standard InChI is InChI=1S/C31H27N3O5S/c1-20-32-28-13-5-23(18-29(28)33-20)22-6-14-30-24(17-22)19-34(15-16-39-30)31(35)21-3-9-26(10-4-21)40(36,37)27-11-7-25(38-2)8-12-27/h3-14,17-18H,15-16,19H2,1-2H3,(H,32,33). The van der Waals surface area contributed by atoms with Crippen molar-refractivity contribution < 1.29 is 22.7 Å². The Morgan fingerprint density at radius 1 is 0.925 bits per heavy atom. The molecule has 1 aliphatic heterocycles. The number of sulfone groups is 1. The fourth-order valence-electron chi connectivity index (χ4n) is 4.91. The van der Waals surface area contributed by atoms with Crippen LogP contribution in [0.15, 0.2) is 94.7 Å². The number of amides is 1. The van der Waals surface area contributed by atoms with Gasteiger partial charge < -0.3 is 19.4 Å². The topological polar surface area (TPSA) is 102 Å². The zero-order valence-electron chi connectivity index (χ0n) is 22.0. The molecule has 202 valence electrons. The van der Waals surface area contributed by atoms with E-state index in [2.05, 4.69) is 22.1 Å². The molecule has 1 aliphatic rings. The van der Waals surface area contributed by atoms with Crippen molar-refractivity contribution in [3.63, 3.8) is 0 Å². The van der Waals surface area contributed by atoms with Crippen LogP contribution in [-0.4, -0.2) is 49.5 Å². The van der Waals surface area contributed by atoms with Crippen LogP contribution in [0.4, 0.5) is 0 Å². The van der Waals surface area contributed by atoms with Gasteiger partial charge >= 0.3 is 0 Å². The smallest absolute Gasteiger partial charge is 0.254 e. The van der Waals surface area contributed by atoms with Crippen molar-refractivity contribution in [2.75, 3.05) is 20.3 Å². The summed E-state index contributed by atoms with van der Waals surface area (Å²) in [5, 5.41) is 0. The summed E-state index contributed by atoms with van der Waals surface area (Å²) >= 11 is 0. The van der Waals surface area contributed by atoms with E-state index in [0.717, 1.165) is 39.3 Å². The molecular weight excluding hydrogens is 526 g/mol. The molecule has 9 heteroatoms. The van der Waals surface area contributed by atoms with E-state index < -0.39 is 9.84 Å². The van der Waals surface area contributed by atoms with Gasteiger partial charge in [0.2, 0.25) is 9.84 Å². The zero-order chi connectivity index (χ0) is 27.9. The van der Waals surface area contributed by atoms with E-state index in [1.54, 1.807) is 29.2 Å². The van der Waals surface area contributed by atoms with Crippen molar-refractivity contribution in [1.82, 2.24) is 14.9 Å². The van der Waals surface area contributed by atoms with Crippen LogP contribution in [0, 0.1) is 6.92 Å². The normalized spacial score (nSPS) is 13.4. The Labute approximate surface area is 232 Å². The molecule has 0 spiro atoms. The molecule has 4 aromatic carbocycles. The fourth-order valence-corrected chi connectivity index (χ4v) is 6.18. The molecule has 0 bridgehead atoms. The quantitative estimate of drug-likeness (QED) is 0.312. The molecule has 0 radical (unpaired) electrons. The first-order chi connectivity index (χ1) is 19.3. The minimum absolute atomic E-state index is 0.118. The number of aryl methyl sites for hydroxylation is 1. The molecule has 0 aliphatic carbocycles. The number of aromatic amines is 1. The van der Waals surface area contributed by atoms with Gasteiger partial charge in [-0.15, -0.1) is 0 Å². The number of methoxy groups -OCH3 is 1. The number of nitrogens with one attached hydrogen (secondary N) is 1. The average molecular weight is 554 g/mol. The van der Waals surface area contributed by atoms with E-state index in [4.69, 9.17) is 9.47 Å². The van der Waals surface area contributed by atoms with Gasteiger partial charge in [-0.25, -0.2) is 13.4 Å². The first-order valence-corrected chi connectivity index (χ1v) is 14.3. The molecule has 0 unspecified atom stereocenters. The number of hydrogen-bond acceptors (Lipinski definition) is 6. The average Bonchev–Trinajstić information content (AvgIpc) is 3.22. The number of carbonyl (C=O) groups is 1. The maximum atomic E-state index is 13.5. The maximum absolute atomic E-state index is 13.5. The second kappa shape index (κ2) is 10.2. The fraction of sp³-hybridized carbons (Fsp3) is 0.161. The van der Waals surface area contributed by atoms with E-state index in [9.17, 15) is 13.2 Å². The molecule has 0 fully saturated rings. The summed E-state index contributed by atoms with van der Waals surface area (Å²) in [6.07, 6.45) is 0. The summed E-state index contributed by atoms with van der Waals surface area (Å²) in [6.45, 7) is 3.08. The highest BCUT2D eigenvalue weighted by Gasteiger charge is 2.23. The van der Waals surface area contributed by atoms with Crippen molar-refractivity contribution in [3.8, 4) is 22.6 Å². The summed E-state index contributed by atoms with van der Waals surface area (Å²) in [6, 6.07) is 24.4. The highest BCUT2D eigenvalue weighted by atomic mass is 32.2. The second-order valence-corrected chi connectivity index (χ2v) is 11.6. The number of ether oxygens (including phenoxy) is 2. The lowest BCUT2D eigenvalue weighted by Gasteiger charge is -2.20. The SMILES string of the molecule is COc1ccc(S(=O)(=O)c2ccc(C(=O)N3CCOc4ccc(-c5ccc6nc(C)[nH]c6c5)cc4C3)cc2)cc1. The Morgan fingerprint density at radius 2 is 1.60 bits per heavy atom. The number of nitrogens with zero attached hydrogens (tertiary/aromatic N) is 2. The molecule has 5 aromatic rings. The van der Waals surface area contributed by atoms with Crippen LogP contribution >= 0.6 is 0 Å². The zero-order valence-corrected chi connectivity index (χ0v) is 22.9. The van der Waals surface area contributed by atoms with Crippen LogP contribution in [0.1, 0.15) is 21.7 Å². The van der Waals surface area contributed by atoms with Gasteiger partial charge in [-0.1, -0.05) is 12.1 Å². The highest BCUT2D eigenvalue weighted by Crippen LogP contribution is 2.31. The lowest BCUT2D eigenvalue weighted by molar-refractivity contribution is 0.0733. The maximum Gasteiger partial charge on any atom is 0.254 e. The lowest BCUT2D eigenvalue weighted by atomic mass is 10.0.